The van der Waals surface area contributed by atoms with Crippen LogP contribution in [-0.4, -0.2) is 9.97 Å². The lowest BCUT2D eigenvalue weighted by Crippen LogP contribution is -1.85. The van der Waals surface area contributed by atoms with Crippen LogP contribution in [0.25, 0.3) is 32.6 Å². The van der Waals surface area contributed by atoms with Crippen molar-refractivity contribution in [3.63, 3.8) is 0 Å². The molecule has 106 valence electrons. The van der Waals surface area contributed by atoms with Gasteiger partial charge in [-0.15, -0.1) is 11.3 Å². The van der Waals surface area contributed by atoms with Crippen molar-refractivity contribution >= 4 is 22.1 Å². The number of thiazole rings is 1. The minimum Gasteiger partial charge on any atom is -0.264 e. The van der Waals surface area contributed by atoms with Gasteiger partial charge in [0.2, 0.25) is 0 Å². The Bertz CT molecular complexity index is 956. The van der Waals surface area contributed by atoms with E-state index in [0.29, 0.717) is 0 Å². The number of rotatable bonds is 2. The summed E-state index contributed by atoms with van der Waals surface area (Å²) in [5.74, 6) is 0. The largest absolute Gasteiger partial charge is 0.264 e. The highest BCUT2D eigenvalue weighted by atomic mass is 32.1. The first-order chi connectivity index (χ1) is 10.8. The van der Waals surface area contributed by atoms with E-state index in [2.05, 4.69) is 59.8 Å². The first kappa shape index (κ1) is 13.2. The van der Waals surface area contributed by atoms with Crippen LogP contribution in [0.1, 0.15) is 5.56 Å². The molecule has 2 aromatic heterocycles. The smallest absolute Gasteiger partial charge is 0.124 e. The van der Waals surface area contributed by atoms with Gasteiger partial charge in [-0.05, 0) is 35.4 Å². The van der Waals surface area contributed by atoms with E-state index in [-0.39, 0.29) is 0 Å². The van der Waals surface area contributed by atoms with Crippen molar-refractivity contribution in [2.24, 2.45) is 0 Å². The van der Waals surface area contributed by atoms with Gasteiger partial charge >= 0.3 is 0 Å². The van der Waals surface area contributed by atoms with E-state index in [4.69, 9.17) is 4.98 Å². The van der Waals surface area contributed by atoms with Gasteiger partial charge in [-0.1, -0.05) is 36.4 Å². The predicted octanol–water partition coefficient (Wildman–Crippen LogP) is 5.33. The molecule has 2 heterocycles. The second kappa shape index (κ2) is 5.35. The van der Waals surface area contributed by atoms with Crippen molar-refractivity contribution in [1.82, 2.24) is 9.97 Å². The van der Waals surface area contributed by atoms with E-state index < -0.39 is 0 Å². The van der Waals surface area contributed by atoms with Crippen LogP contribution in [0.5, 0.6) is 0 Å². The Morgan fingerprint density at radius 1 is 0.955 bits per heavy atom. The predicted molar refractivity (Wildman–Crippen MR) is 93.0 cm³/mol. The standard InChI is InChI=1S/C19H14N2S/c1-13-8-9-20-11-17(13)18-12-22-19(21-18)16-7-6-14-4-2-3-5-15(14)10-16/h2-12H,1H3. The fourth-order valence-corrected chi connectivity index (χ4v) is 3.40. The molecule has 0 saturated heterocycles. The van der Waals surface area contributed by atoms with Crippen LogP contribution >= 0.6 is 11.3 Å². The summed E-state index contributed by atoms with van der Waals surface area (Å²) >= 11 is 1.68. The molecular weight excluding hydrogens is 288 g/mol. The van der Waals surface area contributed by atoms with Gasteiger partial charge in [-0.3, -0.25) is 4.98 Å². The molecule has 0 N–H and O–H groups in total. The fraction of sp³-hybridized carbons (Fsp3) is 0.0526. The summed E-state index contributed by atoms with van der Waals surface area (Å²) in [4.78, 5) is 9.01. The van der Waals surface area contributed by atoms with E-state index >= 15 is 0 Å². The normalized spacial score (nSPS) is 11.0. The molecule has 0 aliphatic rings. The third-order valence-corrected chi connectivity index (χ3v) is 4.71. The molecule has 2 nitrogen and oxygen atoms in total. The number of pyridine rings is 1. The molecular formula is C19H14N2S. The Labute approximate surface area is 133 Å². The highest BCUT2D eigenvalue weighted by molar-refractivity contribution is 7.13. The van der Waals surface area contributed by atoms with Crippen LogP contribution in [0.15, 0.2) is 66.3 Å². The summed E-state index contributed by atoms with van der Waals surface area (Å²) in [6.45, 7) is 2.09. The average Bonchev–Trinajstić information content (AvgIpc) is 3.04. The van der Waals surface area contributed by atoms with Crippen LogP contribution in [0.3, 0.4) is 0 Å². The third kappa shape index (κ3) is 2.30. The first-order valence-electron chi connectivity index (χ1n) is 7.17. The third-order valence-electron chi connectivity index (χ3n) is 3.82. The number of fused-ring (bicyclic) bond motifs is 1. The molecule has 0 fully saturated rings. The summed E-state index contributed by atoms with van der Waals surface area (Å²) in [7, 11) is 0. The second-order valence-corrected chi connectivity index (χ2v) is 6.15. The maximum Gasteiger partial charge on any atom is 0.124 e. The topological polar surface area (TPSA) is 25.8 Å². The van der Waals surface area contributed by atoms with Crippen LogP contribution in [-0.2, 0) is 0 Å². The van der Waals surface area contributed by atoms with E-state index in [1.807, 2.05) is 18.5 Å². The SMILES string of the molecule is Cc1ccncc1-c1csc(-c2ccc3ccccc3c2)n1. The molecule has 0 bridgehead atoms. The number of benzene rings is 2. The molecule has 0 aliphatic heterocycles. The summed E-state index contributed by atoms with van der Waals surface area (Å²) in [6, 6.07) is 16.9. The molecule has 0 amide bonds. The maximum absolute atomic E-state index is 4.80. The van der Waals surface area contributed by atoms with Gasteiger partial charge in [0.05, 0.1) is 5.69 Å². The van der Waals surface area contributed by atoms with E-state index in [1.54, 1.807) is 11.3 Å². The van der Waals surface area contributed by atoms with Crippen LogP contribution in [0, 0.1) is 6.92 Å². The van der Waals surface area contributed by atoms with Gasteiger partial charge in [0.1, 0.15) is 5.01 Å². The van der Waals surface area contributed by atoms with Crippen molar-refractivity contribution in [1.29, 1.82) is 0 Å². The highest BCUT2D eigenvalue weighted by Gasteiger charge is 2.09. The molecule has 3 heteroatoms. The molecule has 0 atom stereocenters. The van der Waals surface area contributed by atoms with Crippen molar-refractivity contribution in [3.05, 3.63) is 71.9 Å². The molecule has 0 spiro atoms. The van der Waals surface area contributed by atoms with Crippen molar-refractivity contribution in [2.75, 3.05) is 0 Å². The molecule has 0 aliphatic carbocycles. The summed E-state index contributed by atoms with van der Waals surface area (Å²) < 4.78 is 0. The minimum absolute atomic E-state index is 0.999. The van der Waals surface area contributed by atoms with Crippen LogP contribution in [0.2, 0.25) is 0 Å². The molecule has 4 rings (SSSR count). The van der Waals surface area contributed by atoms with Crippen LogP contribution < -0.4 is 0 Å². The van der Waals surface area contributed by atoms with E-state index in [0.717, 1.165) is 21.8 Å². The van der Waals surface area contributed by atoms with Crippen molar-refractivity contribution in [3.8, 4) is 21.8 Å². The maximum atomic E-state index is 4.80. The van der Waals surface area contributed by atoms with E-state index in [1.165, 1.54) is 16.3 Å². The Balaban J connectivity index is 1.78. The Morgan fingerprint density at radius 3 is 2.68 bits per heavy atom. The fourth-order valence-electron chi connectivity index (χ4n) is 2.58. The second-order valence-electron chi connectivity index (χ2n) is 5.29. The Hall–Kier alpha value is -2.52. The quantitative estimate of drug-likeness (QED) is 0.500. The minimum atomic E-state index is 0.999. The summed E-state index contributed by atoms with van der Waals surface area (Å²) in [5.41, 5.74) is 4.46. The van der Waals surface area contributed by atoms with Gasteiger partial charge in [-0.25, -0.2) is 4.98 Å². The van der Waals surface area contributed by atoms with Gasteiger partial charge in [-0.2, -0.15) is 0 Å². The van der Waals surface area contributed by atoms with E-state index in [9.17, 15) is 0 Å². The lowest BCUT2D eigenvalue weighted by molar-refractivity contribution is 1.27. The molecule has 0 saturated carbocycles. The van der Waals surface area contributed by atoms with Crippen molar-refractivity contribution < 1.29 is 0 Å². The first-order valence-corrected chi connectivity index (χ1v) is 8.05. The van der Waals surface area contributed by atoms with Gasteiger partial charge in [0, 0.05) is 28.9 Å². The molecule has 0 radical (unpaired) electrons. The molecule has 0 unspecified atom stereocenters. The number of aryl methyl sites for hydroxylation is 1. The highest BCUT2D eigenvalue weighted by Crippen LogP contribution is 2.31. The molecule has 2 aromatic carbocycles. The lowest BCUT2D eigenvalue weighted by atomic mass is 10.1. The Morgan fingerprint density at radius 2 is 1.82 bits per heavy atom. The zero-order valence-corrected chi connectivity index (χ0v) is 13.0. The lowest BCUT2D eigenvalue weighted by Gasteiger charge is -2.02. The summed E-state index contributed by atoms with van der Waals surface area (Å²) in [6.07, 6.45) is 3.70. The number of nitrogens with zero attached hydrogens (tertiary/aromatic N) is 2. The van der Waals surface area contributed by atoms with Crippen molar-refractivity contribution in [2.45, 2.75) is 6.92 Å². The molecule has 4 aromatic rings. The zero-order chi connectivity index (χ0) is 14.9. The summed E-state index contributed by atoms with van der Waals surface area (Å²) in [5, 5.41) is 5.65. The number of hydrogen-bond acceptors (Lipinski definition) is 3. The van der Waals surface area contributed by atoms with Gasteiger partial charge in [0.15, 0.2) is 0 Å². The molecule has 22 heavy (non-hydrogen) atoms. The van der Waals surface area contributed by atoms with Gasteiger partial charge < -0.3 is 0 Å². The monoisotopic (exact) mass is 302 g/mol. The van der Waals surface area contributed by atoms with Gasteiger partial charge in [0.25, 0.3) is 0 Å². The van der Waals surface area contributed by atoms with Crippen LogP contribution in [0.4, 0.5) is 0 Å². The number of hydrogen-bond donors (Lipinski definition) is 0. The average molecular weight is 302 g/mol. The Kier molecular flexibility index (Phi) is 3.20. The zero-order valence-electron chi connectivity index (χ0n) is 12.2. The number of aromatic nitrogens is 2.